The molecule has 0 spiro atoms. The number of carbonyl (C=O) groups is 1. The predicted molar refractivity (Wildman–Crippen MR) is 90.4 cm³/mol. The minimum absolute atomic E-state index is 0.358. The van der Waals surface area contributed by atoms with E-state index < -0.39 is 12.5 Å². The zero-order valence-corrected chi connectivity index (χ0v) is 14.0. The van der Waals surface area contributed by atoms with Crippen molar-refractivity contribution in [2.24, 2.45) is 4.99 Å². The molecule has 0 bridgehead atoms. The van der Waals surface area contributed by atoms with Gasteiger partial charge in [0.05, 0.1) is 12.3 Å². The van der Waals surface area contributed by atoms with Crippen LogP contribution in [0.25, 0.3) is 10.6 Å². The largest absolute Gasteiger partial charge is 0.477 e. The number of aliphatic hydroxyl groups excluding tert-OH is 1. The Bertz CT molecular complexity index is 727. The van der Waals surface area contributed by atoms with Crippen LogP contribution in [-0.2, 0) is 4.79 Å². The molecule has 0 aromatic carbocycles. The minimum atomic E-state index is -0.589. The summed E-state index contributed by atoms with van der Waals surface area (Å²) in [6.45, 7) is 3.73. The molecule has 2 heterocycles. The highest BCUT2D eigenvalue weighted by atomic mass is 32.1. The first kappa shape index (κ1) is 17.0. The number of aliphatic hydroxyl groups is 1. The second kappa shape index (κ2) is 7.80. The first-order valence-electron chi connectivity index (χ1n) is 7.03. The first-order valence-corrected chi connectivity index (χ1v) is 7.85. The van der Waals surface area contributed by atoms with Gasteiger partial charge in [0.15, 0.2) is 0 Å². The Hall–Kier alpha value is -2.32. The van der Waals surface area contributed by atoms with E-state index in [1.165, 1.54) is 11.3 Å². The van der Waals surface area contributed by atoms with E-state index in [0.29, 0.717) is 18.3 Å². The highest BCUT2D eigenvalue weighted by Crippen LogP contribution is 2.33. The van der Waals surface area contributed by atoms with Crippen LogP contribution in [0.4, 0.5) is 5.82 Å². The van der Waals surface area contributed by atoms with Crippen molar-refractivity contribution in [1.82, 2.24) is 9.97 Å². The molecule has 0 atom stereocenters. The van der Waals surface area contributed by atoms with Crippen LogP contribution in [0, 0.1) is 0 Å². The molecule has 0 aliphatic rings. The van der Waals surface area contributed by atoms with Gasteiger partial charge in [-0.2, -0.15) is 0 Å². The highest BCUT2D eigenvalue weighted by Gasteiger charge is 2.16. The topological polar surface area (TPSA) is 96.7 Å². The lowest BCUT2D eigenvalue weighted by molar-refractivity contribution is -0.118. The van der Waals surface area contributed by atoms with E-state index in [1.807, 2.05) is 13.8 Å². The molecule has 0 radical (unpaired) electrons. The quantitative estimate of drug-likeness (QED) is 0.787. The molecule has 0 unspecified atom stereocenters. The van der Waals surface area contributed by atoms with E-state index in [4.69, 9.17) is 9.84 Å². The van der Waals surface area contributed by atoms with Crippen LogP contribution >= 0.6 is 11.3 Å². The number of pyridine rings is 1. The summed E-state index contributed by atoms with van der Waals surface area (Å²) in [6.07, 6.45) is 1.57. The number of rotatable bonds is 6. The van der Waals surface area contributed by atoms with Crippen molar-refractivity contribution >= 4 is 28.8 Å². The van der Waals surface area contributed by atoms with Crippen LogP contribution in [0.2, 0.25) is 0 Å². The first-order chi connectivity index (χ1) is 11.1. The van der Waals surface area contributed by atoms with E-state index in [-0.39, 0.29) is 0 Å². The predicted octanol–water partition coefficient (Wildman–Crippen LogP) is 1.97. The third-order valence-corrected chi connectivity index (χ3v) is 4.15. The van der Waals surface area contributed by atoms with Crippen molar-refractivity contribution in [2.45, 2.75) is 13.8 Å². The fourth-order valence-electron chi connectivity index (χ4n) is 1.81. The second-order valence-corrected chi connectivity index (χ2v) is 5.53. The van der Waals surface area contributed by atoms with Gasteiger partial charge < -0.3 is 15.2 Å². The fourth-order valence-corrected chi connectivity index (χ4v) is 2.81. The number of nitrogens with zero attached hydrogens (tertiary/aromatic N) is 3. The summed E-state index contributed by atoms with van der Waals surface area (Å²) in [5.74, 6) is 0.393. The van der Waals surface area contributed by atoms with Crippen molar-refractivity contribution in [1.29, 1.82) is 0 Å². The van der Waals surface area contributed by atoms with Gasteiger partial charge >= 0.3 is 0 Å². The van der Waals surface area contributed by atoms with Gasteiger partial charge in [0, 0.05) is 18.8 Å². The van der Waals surface area contributed by atoms with Crippen molar-refractivity contribution in [3.63, 3.8) is 0 Å². The molecule has 2 aromatic heterocycles. The average Bonchev–Trinajstić information content (AvgIpc) is 2.98. The Morgan fingerprint density at radius 2 is 2.30 bits per heavy atom. The van der Waals surface area contributed by atoms with E-state index >= 15 is 0 Å². The summed E-state index contributed by atoms with van der Waals surface area (Å²) in [5, 5.41) is 12.0. The zero-order chi connectivity index (χ0) is 16.8. The molecule has 2 aromatic rings. The second-order valence-electron chi connectivity index (χ2n) is 4.53. The molecule has 2 rings (SSSR count). The monoisotopic (exact) mass is 334 g/mol. The molecule has 2 N–H and O–H groups in total. The van der Waals surface area contributed by atoms with E-state index in [1.54, 1.807) is 25.4 Å². The minimum Gasteiger partial charge on any atom is -0.477 e. The van der Waals surface area contributed by atoms with Gasteiger partial charge in [0.25, 0.3) is 5.91 Å². The third-order valence-electron chi connectivity index (χ3n) is 2.96. The van der Waals surface area contributed by atoms with Crippen LogP contribution in [0.5, 0.6) is 5.88 Å². The highest BCUT2D eigenvalue weighted by molar-refractivity contribution is 7.17. The zero-order valence-electron chi connectivity index (χ0n) is 13.2. The van der Waals surface area contributed by atoms with E-state index in [2.05, 4.69) is 20.3 Å². The summed E-state index contributed by atoms with van der Waals surface area (Å²) in [5.41, 5.74) is 1.65. The van der Waals surface area contributed by atoms with Crippen molar-refractivity contribution in [2.75, 3.05) is 25.6 Å². The normalized spacial score (nSPS) is 11.4. The van der Waals surface area contributed by atoms with E-state index in [0.717, 1.165) is 21.2 Å². The number of thiazole rings is 1. The lowest BCUT2D eigenvalue weighted by atomic mass is 10.2. The number of aliphatic imine (C=N–C) groups is 1. The summed E-state index contributed by atoms with van der Waals surface area (Å²) in [4.78, 5) is 24.9. The Morgan fingerprint density at radius 1 is 1.52 bits per heavy atom. The number of aromatic nitrogens is 2. The van der Waals surface area contributed by atoms with Gasteiger partial charge in [0.2, 0.25) is 5.88 Å². The lowest BCUT2D eigenvalue weighted by Crippen LogP contribution is -2.16. The standard InChI is InChI=1S/C15H18N4O3S/c1-4-22-14-13(9(2)16-3)23-15(19-14)10-5-6-17-11(7-10)18-12(21)8-20/h5-7,20H,4,8H2,1-3H3,(H,17,18,21). The summed E-state index contributed by atoms with van der Waals surface area (Å²) in [7, 11) is 1.72. The Balaban J connectivity index is 2.38. The van der Waals surface area contributed by atoms with Gasteiger partial charge in [-0.1, -0.05) is 0 Å². The van der Waals surface area contributed by atoms with Gasteiger partial charge in [-0.15, -0.1) is 11.3 Å². The molecule has 0 saturated heterocycles. The number of carbonyl (C=O) groups excluding carboxylic acids is 1. The van der Waals surface area contributed by atoms with Gasteiger partial charge in [-0.25, -0.2) is 9.97 Å². The summed E-state index contributed by atoms with van der Waals surface area (Å²) < 4.78 is 5.57. The molecule has 1 amide bonds. The van der Waals surface area contributed by atoms with Crippen molar-refractivity contribution < 1.29 is 14.6 Å². The molecule has 122 valence electrons. The Labute approximate surface area is 138 Å². The molecule has 8 heteroatoms. The maximum absolute atomic E-state index is 11.3. The van der Waals surface area contributed by atoms with Crippen LogP contribution in [0.1, 0.15) is 18.7 Å². The number of hydrogen-bond acceptors (Lipinski definition) is 7. The van der Waals surface area contributed by atoms with Crippen LogP contribution in [-0.4, -0.2) is 47.0 Å². The Morgan fingerprint density at radius 3 is 2.96 bits per heavy atom. The summed E-state index contributed by atoms with van der Waals surface area (Å²) in [6, 6.07) is 3.50. The molecule has 0 saturated carbocycles. The number of nitrogens with one attached hydrogen (secondary N) is 1. The Kier molecular flexibility index (Phi) is 5.78. The number of anilines is 1. The average molecular weight is 334 g/mol. The maximum Gasteiger partial charge on any atom is 0.251 e. The van der Waals surface area contributed by atoms with Crippen molar-refractivity contribution in [3.05, 3.63) is 23.2 Å². The number of ether oxygens (including phenoxy) is 1. The van der Waals surface area contributed by atoms with Gasteiger partial charge in [-0.05, 0) is 26.0 Å². The molecular formula is C15H18N4O3S. The van der Waals surface area contributed by atoms with Crippen LogP contribution < -0.4 is 10.1 Å². The van der Waals surface area contributed by atoms with Gasteiger partial charge in [0.1, 0.15) is 22.3 Å². The molecule has 0 aliphatic carbocycles. The SMILES string of the molecule is CCOc1nc(-c2ccnc(NC(=O)CO)c2)sc1C(C)=NC. The number of hydrogen-bond donors (Lipinski definition) is 2. The molecule has 0 aliphatic heterocycles. The molecule has 7 nitrogen and oxygen atoms in total. The number of amides is 1. The van der Waals surface area contributed by atoms with Crippen molar-refractivity contribution in [3.8, 4) is 16.5 Å². The maximum atomic E-state index is 11.3. The molecule has 23 heavy (non-hydrogen) atoms. The smallest absolute Gasteiger partial charge is 0.251 e. The summed E-state index contributed by atoms with van der Waals surface area (Å²) >= 11 is 1.46. The fraction of sp³-hybridized carbons (Fsp3) is 0.333. The lowest BCUT2D eigenvalue weighted by Gasteiger charge is -2.03. The van der Waals surface area contributed by atoms with Gasteiger partial charge in [-0.3, -0.25) is 9.79 Å². The van der Waals surface area contributed by atoms with E-state index in [9.17, 15) is 4.79 Å². The van der Waals surface area contributed by atoms with Crippen LogP contribution in [0.15, 0.2) is 23.3 Å². The third kappa shape index (κ3) is 4.11. The van der Waals surface area contributed by atoms with Crippen LogP contribution in [0.3, 0.4) is 0 Å². The molecule has 0 fully saturated rings. The molecular weight excluding hydrogens is 316 g/mol.